The fourth-order valence-electron chi connectivity index (χ4n) is 1.13. The molecule has 17 heavy (non-hydrogen) atoms. The van der Waals surface area contributed by atoms with E-state index in [1.165, 1.54) is 24.3 Å². The van der Waals surface area contributed by atoms with E-state index in [1.54, 1.807) is 0 Å². The van der Waals surface area contributed by atoms with Crippen LogP contribution < -0.4 is 10.5 Å². The number of carbonyl (C=O) groups is 1. The standard InChI is InChI=1S/C11H10F3NO2/c12-11(13,14)17-10-7-8(3-1-2-6-16)4-5-9(10)15/h1,3-7H,2,15H2. The lowest BCUT2D eigenvalue weighted by Gasteiger charge is -2.11. The smallest absolute Gasteiger partial charge is 0.404 e. The predicted octanol–water partition coefficient (Wildman–Crippen LogP) is 2.77. The van der Waals surface area contributed by atoms with Gasteiger partial charge in [-0.1, -0.05) is 18.2 Å². The fourth-order valence-corrected chi connectivity index (χ4v) is 1.13. The van der Waals surface area contributed by atoms with Crippen LogP contribution in [0.4, 0.5) is 18.9 Å². The first-order valence-electron chi connectivity index (χ1n) is 4.68. The van der Waals surface area contributed by atoms with Gasteiger partial charge in [0.2, 0.25) is 0 Å². The lowest BCUT2D eigenvalue weighted by Crippen LogP contribution is -2.18. The highest BCUT2D eigenvalue weighted by Gasteiger charge is 2.31. The minimum absolute atomic E-state index is 0.102. The van der Waals surface area contributed by atoms with Crippen LogP contribution in [0.3, 0.4) is 0 Å². The number of nitrogens with two attached hydrogens (primary N) is 1. The molecule has 0 atom stereocenters. The second-order valence-corrected chi connectivity index (χ2v) is 3.15. The lowest BCUT2D eigenvalue weighted by atomic mass is 10.1. The van der Waals surface area contributed by atoms with Crippen LogP contribution in [0, 0.1) is 0 Å². The molecule has 0 aliphatic heterocycles. The van der Waals surface area contributed by atoms with E-state index in [0.717, 1.165) is 6.07 Å². The summed E-state index contributed by atoms with van der Waals surface area (Å²) >= 11 is 0. The average Bonchev–Trinajstić information content (AvgIpc) is 2.21. The number of rotatable bonds is 4. The van der Waals surface area contributed by atoms with E-state index in [0.29, 0.717) is 11.8 Å². The number of hydrogen-bond donors (Lipinski definition) is 1. The maximum atomic E-state index is 12.0. The Labute approximate surface area is 95.7 Å². The van der Waals surface area contributed by atoms with Gasteiger partial charge in [0.1, 0.15) is 6.29 Å². The Morgan fingerprint density at radius 2 is 2.06 bits per heavy atom. The van der Waals surface area contributed by atoms with E-state index in [-0.39, 0.29) is 12.1 Å². The van der Waals surface area contributed by atoms with E-state index in [1.807, 2.05) is 0 Å². The molecule has 1 aromatic carbocycles. The van der Waals surface area contributed by atoms with Crippen LogP contribution in [0.25, 0.3) is 6.08 Å². The summed E-state index contributed by atoms with van der Waals surface area (Å²) in [7, 11) is 0. The number of alkyl halides is 3. The Balaban J connectivity index is 2.90. The highest BCUT2D eigenvalue weighted by molar-refractivity contribution is 5.63. The molecule has 0 fully saturated rings. The van der Waals surface area contributed by atoms with E-state index in [9.17, 15) is 18.0 Å². The fraction of sp³-hybridized carbons (Fsp3) is 0.182. The monoisotopic (exact) mass is 245 g/mol. The van der Waals surface area contributed by atoms with E-state index >= 15 is 0 Å². The zero-order chi connectivity index (χ0) is 12.9. The first-order valence-corrected chi connectivity index (χ1v) is 4.68. The van der Waals surface area contributed by atoms with Crippen LogP contribution in [0.15, 0.2) is 24.3 Å². The molecule has 1 aromatic rings. The van der Waals surface area contributed by atoms with Gasteiger partial charge in [-0.05, 0) is 17.7 Å². The third-order valence-electron chi connectivity index (χ3n) is 1.81. The molecule has 1 rings (SSSR count). The number of hydrogen-bond acceptors (Lipinski definition) is 3. The molecular formula is C11H10F3NO2. The molecule has 6 heteroatoms. The summed E-state index contributed by atoms with van der Waals surface area (Å²) in [5, 5.41) is 0. The highest BCUT2D eigenvalue weighted by Crippen LogP contribution is 2.29. The Morgan fingerprint density at radius 3 is 2.65 bits per heavy atom. The van der Waals surface area contributed by atoms with Crippen LogP contribution in [-0.2, 0) is 4.79 Å². The summed E-state index contributed by atoms with van der Waals surface area (Å²) in [5.41, 5.74) is 5.72. The topological polar surface area (TPSA) is 52.3 Å². The second-order valence-electron chi connectivity index (χ2n) is 3.15. The number of carbonyl (C=O) groups excluding carboxylic acids is 1. The van der Waals surface area contributed by atoms with E-state index < -0.39 is 12.1 Å². The average molecular weight is 245 g/mol. The van der Waals surface area contributed by atoms with Gasteiger partial charge in [-0.15, -0.1) is 13.2 Å². The number of nitrogen functional groups attached to an aromatic ring is 1. The normalized spacial score (nSPS) is 11.7. The Morgan fingerprint density at radius 1 is 1.35 bits per heavy atom. The molecule has 0 aliphatic carbocycles. The minimum Gasteiger partial charge on any atom is -0.404 e. The van der Waals surface area contributed by atoms with Gasteiger partial charge in [0.15, 0.2) is 5.75 Å². The number of allylic oxidation sites excluding steroid dienone is 1. The van der Waals surface area contributed by atoms with Crippen molar-refractivity contribution in [2.24, 2.45) is 0 Å². The first kappa shape index (κ1) is 13.1. The highest BCUT2D eigenvalue weighted by atomic mass is 19.4. The molecule has 0 bridgehead atoms. The Kier molecular flexibility index (Phi) is 4.14. The molecule has 3 nitrogen and oxygen atoms in total. The molecule has 0 heterocycles. The van der Waals surface area contributed by atoms with Crippen molar-refractivity contribution in [3.63, 3.8) is 0 Å². The zero-order valence-electron chi connectivity index (χ0n) is 8.70. The van der Waals surface area contributed by atoms with Gasteiger partial charge in [-0.25, -0.2) is 0 Å². The quantitative estimate of drug-likeness (QED) is 0.655. The molecule has 92 valence electrons. The Bertz CT molecular complexity index is 427. The molecule has 2 N–H and O–H groups in total. The van der Waals surface area contributed by atoms with Crippen molar-refractivity contribution in [3.05, 3.63) is 29.8 Å². The number of aldehydes is 1. The number of ether oxygens (including phenoxy) is 1. The zero-order valence-corrected chi connectivity index (χ0v) is 8.70. The van der Waals surface area contributed by atoms with Gasteiger partial charge in [0, 0.05) is 6.42 Å². The van der Waals surface area contributed by atoms with Crippen molar-refractivity contribution in [1.82, 2.24) is 0 Å². The van der Waals surface area contributed by atoms with Crippen LogP contribution in [-0.4, -0.2) is 12.6 Å². The Hall–Kier alpha value is -1.98. The largest absolute Gasteiger partial charge is 0.573 e. The van der Waals surface area contributed by atoms with E-state index in [4.69, 9.17) is 5.73 Å². The third kappa shape index (κ3) is 4.58. The van der Waals surface area contributed by atoms with Gasteiger partial charge in [0.25, 0.3) is 0 Å². The van der Waals surface area contributed by atoms with Crippen molar-refractivity contribution in [1.29, 1.82) is 0 Å². The third-order valence-corrected chi connectivity index (χ3v) is 1.81. The molecule has 0 unspecified atom stereocenters. The van der Waals surface area contributed by atoms with Crippen LogP contribution in [0.2, 0.25) is 0 Å². The minimum atomic E-state index is -4.78. The SMILES string of the molecule is Nc1ccc(C=CCC=O)cc1OC(F)(F)F. The van der Waals surface area contributed by atoms with Gasteiger partial charge < -0.3 is 15.3 Å². The van der Waals surface area contributed by atoms with Crippen LogP contribution >= 0.6 is 0 Å². The second kappa shape index (κ2) is 5.38. The van der Waals surface area contributed by atoms with Gasteiger partial charge in [-0.2, -0.15) is 0 Å². The molecule has 0 aromatic heterocycles. The lowest BCUT2D eigenvalue weighted by molar-refractivity contribution is -0.274. The molecule has 0 radical (unpaired) electrons. The van der Waals surface area contributed by atoms with Gasteiger partial charge in [0.05, 0.1) is 5.69 Å². The van der Waals surface area contributed by atoms with Gasteiger partial charge in [-0.3, -0.25) is 0 Å². The van der Waals surface area contributed by atoms with Crippen molar-refractivity contribution < 1.29 is 22.7 Å². The molecule has 0 saturated carbocycles. The van der Waals surface area contributed by atoms with Crippen molar-refractivity contribution >= 4 is 18.0 Å². The van der Waals surface area contributed by atoms with Crippen LogP contribution in [0.1, 0.15) is 12.0 Å². The van der Waals surface area contributed by atoms with Crippen molar-refractivity contribution in [2.45, 2.75) is 12.8 Å². The molecular weight excluding hydrogens is 235 g/mol. The first-order chi connectivity index (χ1) is 7.92. The maximum Gasteiger partial charge on any atom is 0.573 e. The molecule has 0 spiro atoms. The number of anilines is 1. The summed E-state index contributed by atoms with van der Waals surface area (Å²) in [6.45, 7) is 0. The van der Waals surface area contributed by atoms with Crippen molar-refractivity contribution in [2.75, 3.05) is 5.73 Å². The van der Waals surface area contributed by atoms with Crippen molar-refractivity contribution in [3.8, 4) is 5.75 Å². The van der Waals surface area contributed by atoms with E-state index in [2.05, 4.69) is 4.74 Å². The maximum absolute atomic E-state index is 12.0. The molecule has 0 amide bonds. The van der Waals surface area contributed by atoms with Gasteiger partial charge >= 0.3 is 6.36 Å². The van der Waals surface area contributed by atoms with Crippen LogP contribution in [0.5, 0.6) is 5.75 Å². The molecule has 0 aliphatic rings. The number of benzene rings is 1. The molecule has 0 saturated heterocycles. The summed E-state index contributed by atoms with van der Waals surface area (Å²) in [6, 6.07) is 3.99. The summed E-state index contributed by atoms with van der Waals surface area (Å²) in [4.78, 5) is 10.1. The number of halogens is 3. The summed E-state index contributed by atoms with van der Waals surface area (Å²) < 4.78 is 39.8. The summed E-state index contributed by atoms with van der Waals surface area (Å²) in [6.07, 6.45) is -0.868. The summed E-state index contributed by atoms with van der Waals surface area (Å²) in [5.74, 6) is -0.453. The predicted molar refractivity (Wildman–Crippen MR) is 57.3 cm³/mol.